The van der Waals surface area contributed by atoms with Gasteiger partial charge in [-0.2, -0.15) is 0 Å². The van der Waals surface area contributed by atoms with Gasteiger partial charge in [0.05, 0.1) is 0 Å². The first-order chi connectivity index (χ1) is 11.2. The van der Waals surface area contributed by atoms with E-state index in [1.54, 1.807) is 24.5 Å². The number of aromatic nitrogens is 1. The van der Waals surface area contributed by atoms with E-state index < -0.39 is 6.10 Å². The molecule has 2 N–H and O–H groups in total. The highest BCUT2D eigenvalue weighted by molar-refractivity contribution is 5.23. The number of aliphatic hydroxyl groups is 1. The normalized spacial score (nSPS) is 24.3. The number of pyridine rings is 1. The fourth-order valence-corrected chi connectivity index (χ4v) is 2.96. The third kappa shape index (κ3) is 4.27. The lowest BCUT2D eigenvalue weighted by Crippen LogP contribution is -2.50. The summed E-state index contributed by atoms with van der Waals surface area (Å²) in [7, 11) is 0. The van der Waals surface area contributed by atoms with E-state index in [-0.39, 0.29) is 18.0 Å². The van der Waals surface area contributed by atoms with Crippen molar-refractivity contribution in [2.75, 3.05) is 0 Å². The minimum Gasteiger partial charge on any atom is -0.488 e. The largest absolute Gasteiger partial charge is 0.488 e. The SMILES string of the molecule is O[C@@H]1[C@@H](NCc2ccncc2)CCC[C@H]1Oc1cccc(F)c1. The summed E-state index contributed by atoms with van der Waals surface area (Å²) < 4.78 is 19.0. The molecule has 1 saturated carbocycles. The van der Waals surface area contributed by atoms with Gasteiger partial charge in [0.15, 0.2) is 0 Å². The van der Waals surface area contributed by atoms with E-state index in [1.165, 1.54) is 12.1 Å². The molecule has 0 aliphatic heterocycles. The number of aliphatic hydroxyl groups excluding tert-OH is 1. The lowest BCUT2D eigenvalue weighted by atomic mass is 9.89. The van der Waals surface area contributed by atoms with Gasteiger partial charge in [-0.1, -0.05) is 6.07 Å². The Morgan fingerprint density at radius 3 is 2.83 bits per heavy atom. The van der Waals surface area contributed by atoms with E-state index in [0.717, 1.165) is 24.8 Å². The zero-order valence-electron chi connectivity index (χ0n) is 12.9. The molecular weight excluding hydrogens is 295 g/mol. The quantitative estimate of drug-likeness (QED) is 0.890. The Bertz CT molecular complexity index is 623. The molecule has 0 unspecified atom stereocenters. The van der Waals surface area contributed by atoms with Crippen molar-refractivity contribution in [3.63, 3.8) is 0 Å². The summed E-state index contributed by atoms with van der Waals surface area (Å²) in [6.07, 6.45) is 5.20. The van der Waals surface area contributed by atoms with Crippen LogP contribution in [0.2, 0.25) is 0 Å². The summed E-state index contributed by atoms with van der Waals surface area (Å²) in [5, 5.41) is 13.9. The number of halogens is 1. The van der Waals surface area contributed by atoms with Gasteiger partial charge in [-0.25, -0.2) is 4.39 Å². The average Bonchev–Trinajstić information content (AvgIpc) is 2.57. The Labute approximate surface area is 135 Å². The van der Waals surface area contributed by atoms with Crippen LogP contribution in [0, 0.1) is 5.82 Å². The molecule has 2 aromatic rings. The van der Waals surface area contributed by atoms with Crippen LogP contribution in [0.4, 0.5) is 4.39 Å². The molecule has 3 atom stereocenters. The van der Waals surface area contributed by atoms with Crippen LogP contribution in [-0.4, -0.2) is 28.3 Å². The highest BCUT2D eigenvalue weighted by Crippen LogP contribution is 2.25. The molecule has 1 heterocycles. The minimum atomic E-state index is -0.617. The van der Waals surface area contributed by atoms with Crippen molar-refractivity contribution >= 4 is 0 Å². The predicted octanol–water partition coefficient (Wildman–Crippen LogP) is 2.67. The first-order valence-corrected chi connectivity index (χ1v) is 7.95. The van der Waals surface area contributed by atoms with E-state index >= 15 is 0 Å². The maximum absolute atomic E-state index is 13.2. The van der Waals surface area contributed by atoms with Gasteiger partial charge in [0.25, 0.3) is 0 Å². The van der Waals surface area contributed by atoms with E-state index in [0.29, 0.717) is 12.3 Å². The van der Waals surface area contributed by atoms with Gasteiger partial charge < -0.3 is 15.2 Å². The highest BCUT2D eigenvalue weighted by Gasteiger charge is 2.33. The van der Waals surface area contributed by atoms with E-state index in [2.05, 4.69) is 10.3 Å². The Morgan fingerprint density at radius 1 is 1.22 bits per heavy atom. The second kappa shape index (κ2) is 7.53. The van der Waals surface area contributed by atoms with Crippen LogP contribution in [0.15, 0.2) is 48.8 Å². The predicted molar refractivity (Wildman–Crippen MR) is 85.5 cm³/mol. The van der Waals surface area contributed by atoms with Crippen molar-refractivity contribution < 1.29 is 14.2 Å². The van der Waals surface area contributed by atoms with Crippen LogP contribution >= 0.6 is 0 Å². The Balaban J connectivity index is 1.58. The smallest absolute Gasteiger partial charge is 0.126 e. The molecule has 0 radical (unpaired) electrons. The maximum Gasteiger partial charge on any atom is 0.126 e. The molecule has 3 rings (SSSR count). The number of hydrogen-bond donors (Lipinski definition) is 2. The summed E-state index contributed by atoms with van der Waals surface area (Å²) in [5.74, 6) is 0.129. The molecule has 1 fully saturated rings. The van der Waals surface area contributed by atoms with Crippen LogP contribution in [-0.2, 0) is 6.54 Å². The summed E-state index contributed by atoms with van der Waals surface area (Å²) in [6, 6.07) is 9.91. The molecule has 4 nitrogen and oxygen atoms in total. The molecule has 0 amide bonds. The Morgan fingerprint density at radius 2 is 2.04 bits per heavy atom. The first kappa shape index (κ1) is 15.9. The lowest BCUT2D eigenvalue weighted by Gasteiger charge is -2.35. The topological polar surface area (TPSA) is 54.4 Å². The number of nitrogens with one attached hydrogen (secondary N) is 1. The summed E-state index contributed by atoms with van der Waals surface area (Å²) in [6.45, 7) is 0.678. The molecule has 1 aromatic carbocycles. The van der Waals surface area contributed by atoms with Crippen molar-refractivity contribution in [3.05, 3.63) is 60.2 Å². The van der Waals surface area contributed by atoms with Crippen molar-refractivity contribution in [2.24, 2.45) is 0 Å². The molecular formula is C18H21FN2O2. The number of benzene rings is 1. The van der Waals surface area contributed by atoms with Crippen LogP contribution in [0.5, 0.6) is 5.75 Å². The second-order valence-electron chi connectivity index (χ2n) is 5.88. The maximum atomic E-state index is 13.2. The Hall–Kier alpha value is -1.98. The van der Waals surface area contributed by atoms with Gasteiger partial charge in [-0.15, -0.1) is 0 Å². The summed E-state index contributed by atoms with van der Waals surface area (Å²) in [5.41, 5.74) is 1.13. The van der Waals surface area contributed by atoms with Gasteiger partial charge in [0.1, 0.15) is 23.8 Å². The third-order valence-electron chi connectivity index (χ3n) is 4.20. The number of hydrogen-bond acceptors (Lipinski definition) is 4. The lowest BCUT2D eigenvalue weighted by molar-refractivity contribution is -0.0158. The van der Waals surface area contributed by atoms with E-state index in [4.69, 9.17) is 4.74 Å². The van der Waals surface area contributed by atoms with Gasteiger partial charge in [-0.05, 0) is 49.1 Å². The second-order valence-corrected chi connectivity index (χ2v) is 5.88. The molecule has 1 aliphatic carbocycles. The van der Waals surface area contributed by atoms with Gasteiger partial charge in [-0.3, -0.25) is 4.98 Å². The molecule has 0 saturated heterocycles. The fraction of sp³-hybridized carbons (Fsp3) is 0.389. The van der Waals surface area contributed by atoms with E-state index in [1.807, 2.05) is 12.1 Å². The minimum absolute atomic E-state index is 0.0320. The Kier molecular flexibility index (Phi) is 5.20. The summed E-state index contributed by atoms with van der Waals surface area (Å²) in [4.78, 5) is 3.99. The molecule has 0 spiro atoms. The number of nitrogens with zero attached hydrogens (tertiary/aromatic N) is 1. The third-order valence-corrected chi connectivity index (χ3v) is 4.20. The summed E-state index contributed by atoms with van der Waals surface area (Å²) >= 11 is 0. The molecule has 1 aliphatic rings. The van der Waals surface area contributed by atoms with Gasteiger partial charge in [0, 0.05) is 31.0 Å². The average molecular weight is 316 g/mol. The van der Waals surface area contributed by atoms with E-state index in [9.17, 15) is 9.50 Å². The number of rotatable bonds is 5. The van der Waals surface area contributed by atoms with Gasteiger partial charge >= 0.3 is 0 Å². The standard InChI is InChI=1S/C18H21FN2O2/c19-14-3-1-4-15(11-14)23-17-6-2-5-16(18(17)22)21-12-13-7-9-20-10-8-13/h1,3-4,7-11,16-18,21-22H,2,5-6,12H2/t16-,17+,18+/m0/s1. The zero-order valence-corrected chi connectivity index (χ0v) is 12.9. The van der Waals surface area contributed by atoms with Crippen molar-refractivity contribution in [1.29, 1.82) is 0 Å². The van der Waals surface area contributed by atoms with Crippen LogP contribution in [0.1, 0.15) is 24.8 Å². The molecule has 122 valence electrons. The molecule has 1 aromatic heterocycles. The van der Waals surface area contributed by atoms with Crippen molar-refractivity contribution in [3.8, 4) is 5.75 Å². The molecule has 23 heavy (non-hydrogen) atoms. The van der Waals surface area contributed by atoms with Crippen LogP contribution in [0.25, 0.3) is 0 Å². The van der Waals surface area contributed by atoms with Crippen LogP contribution < -0.4 is 10.1 Å². The molecule has 0 bridgehead atoms. The first-order valence-electron chi connectivity index (χ1n) is 7.95. The molecule has 5 heteroatoms. The van der Waals surface area contributed by atoms with Gasteiger partial charge in [0.2, 0.25) is 0 Å². The highest BCUT2D eigenvalue weighted by atomic mass is 19.1. The van der Waals surface area contributed by atoms with Crippen molar-refractivity contribution in [1.82, 2.24) is 10.3 Å². The van der Waals surface area contributed by atoms with Crippen molar-refractivity contribution in [2.45, 2.75) is 44.1 Å². The van der Waals surface area contributed by atoms with Crippen LogP contribution in [0.3, 0.4) is 0 Å². The zero-order chi connectivity index (χ0) is 16.1. The fourth-order valence-electron chi connectivity index (χ4n) is 2.96. The number of ether oxygens (including phenoxy) is 1. The monoisotopic (exact) mass is 316 g/mol.